The van der Waals surface area contributed by atoms with E-state index in [2.05, 4.69) is 52.1 Å². The molecule has 0 fully saturated rings. The molecule has 3 N–H and O–H groups in total. The topological polar surface area (TPSA) is 65.9 Å². The van der Waals surface area contributed by atoms with Crippen LogP contribution >= 0.6 is 22.6 Å². The summed E-state index contributed by atoms with van der Waals surface area (Å²) in [6.07, 6.45) is -0.595. The Morgan fingerprint density at radius 3 is 2.55 bits per heavy atom. The van der Waals surface area contributed by atoms with Crippen molar-refractivity contribution in [2.75, 3.05) is 26.2 Å². The van der Waals surface area contributed by atoms with Crippen LogP contribution in [0.2, 0.25) is 0 Å². The standard InChI is InChI=1S/C16H26IN3O2/c1-4-18-16(19-9-12(2)3)20-10-14(21)11-22-15-7-5-13(17)6-8-15/h5-8,12,14,21H,4,9-11H2,1-3H3,(H2,18,19,20). The number of hydrogen-bond donors (Lipinski definition) is 3. The molecule has 0 spiro atoms. The predicted molar refractivity (Wildman–Crippen MR) is 99.5 cm³/mol. The molecule has 1 unspecified atom stereocenters. The van der Waals surface area contributed by atoms with Gasteiger partial charge < -0.3 is 20.5 Å². The zero-order valence-electron chi connectivity index (χ0n) is 13.5. The normalized spacial score (nSPS) is 13.1. The molecule has 0 saturated carbocycles. The number of ether oxygens (including phenoxy) is 1. The van der Waals surface area contributed by atoms with Crippen LogP contribution < -0.4 is 15.4 Å². The minimum atomic E-state index is -0.595. The van der Waals surface area contributed by atoms with Crippen LogP contribution in [0.3, 0.4) is 0 Å². The molecule has 0 saturated heterocycles. The van der Waals surface area contributed by atoms with Gasteiger partial charge in [-0.05, 0) is 59.7 Å². The maximum absolute atomic E-state index is 9.99. The molecule has 1 rings (SSSR count). The summed E-state index contributed by atoms with van der Waals surface area (Å²) in [4.78, 5) is 4.45. The van der Waals surface area contributed by atoms with E-state index in [1.165, 1.54) is 0 Å². The molecule has 124 valence electrons. The summed E-state index contributed by atoms with van der Waals surface area (Å²) in [6, 6.07) is 7.75. The van der Waals surface area contributed by atoms with Crippen LogP contribution in [0.15, 0.2) is 29.3 Å². The van der Waals surface area contributed by atoms with E-state index in [9.17, 15) is 5.11 Å². The highest BCUT2D eigenvalue weighted by Crippen LogP contribution is 2.13. The van der Waals surface area contributed by atoms with Gasteiger partial charge in [0.05, 0.1) is 0 Å². The van der Waals surface area contributed by atoms with Gasteiger partial charge >= 0.3 is 0 Å². The fraction of sp³-hybridized carbons (Fsp3) is 0.562. The molecule has 22 heavy (non-hydrogen) atoms. The van der Waals surface area contributed by atoms with Crippen molar-refractivity contribution in [3.05, 3.63) is 27.8 Å². The lowest BCUT2D eigenvalue weighted by Gasteiger charge is -2.16. The number of nitrogens with zero attached hydrogens (tertiary/aromatic N) is 1. The van der Waals surface area contributed by atoms with E-state index in [1.54, 1.807) is 0 Å². The monoisotopic (exact) mass is 419 g/mol. The lowest BCUT2D eigenvalue weighted by molar-refractivity contribution is 0.110. The minimum Gasteiger partial charge on any atom is -0.491 e. The summed E-state index contributed by atoms with van der Waals surface area (Å²) in [5.41, 5.74) is 0. The average molecular weight is 419 g/mol. The third kappa shape index (κ3) is 8.43. The maximum Gasteiger partial charge on any atom is 0.191 e. The van der Waals surface area contributed by atoms with Gasteiger partial charge in [0, 0.05) is 23.2 Å². The number of rotatable bonds is 8. The van der Waals surface area contributed by atoms with Crippen LogP contribution in [0.25, 0.3) is 0 Å². The van der Waals surface area contributed by atoms with Gasteiger partial charge in [-0.25, -0.2) is 0 Å². The Morgan fingerprint density at radius 2 is 1.95 bits per heavy atom. The lowest BCUT2D eigenvalue weighted by Crippen LogP contribution is -2.42. The van der Waals surface area contributed by atoms with Crippen molar-refractivity contribution in [1.82, 2.24) is 10.6 Å². The van der Waals surface area contributed by atoms with Crippen molar-refractivity contribution in [2.45, 2.75) is 26.9 Å². The van der Waals surface area contributed by atoms with Crippen molar-refractivity contribution < 1.29 is 9.84 Å². The summed E-state index contributed by atoms with van der Waals surface area (Å²) in [6.45, 7) is 8.45. The summed E-state index contributed by atoms with van der Waals surface area (Å²) < 4.78 is 6.72. The number of aliphatic hydroxyl groups is 1. The molecule has 0 aromatic heterocycles. The van der Waals surface area contributed by atoms with Crippen molar-refractivity contribution in [3.63, 3.8) is 0 Å². The highest BCUT2D eigenvalue weighted by Gasteiger charge is 2.07. The van der Waals surface area contributed by atoms with E-state index in [1.807, 2.05) is 31.2 Å². The number of guanidine groups is 1. The number of hydrogen-bond acceptors (Lipinski definition) is 3. The summed E-state index contributed by atoms with van der Waals surface area (Å²) in [5, 5.41) is 16.3. The highest BCUT2D eigenvalue weighted by molar-refractivity contribution is 14.1. The highest BCUT2D eigenvalue weighted by atomic mass is 127. The molecule has 1 atom stereocenters. The number of benzene rings is 1. The predicted octanol–water partition coefficient (Wildman–Crippen LogP) is 2.24. The molecule has 1 aromatic rings. The van der Waals surface area contributed by atoms with E-state index in [-0.39, 0.29) is 6.61 Å². The largest absolute Gasteiger partial charge is 0.491 e. The SMILES string of the molecule is CCNC(=NCC(C)C)NCC(O)COc1ccc(I)cc1. The van der Waals surface area contributed by atoms with Crippen molar-refractivity contribution in [2.24, 2.45) is 10.9 Å². The van der Waals surface area contributed by atoms with Gasteiger partial charge in [-0.1, -0.05) is 13.8 Å². The minimum absolute atomic E-state index is 0.247. The van der Waals surface area contributed by atoms with Gasteiger partial charge in [-0.2, -0.15) is 0 Å². The molecule has 0 aliphatic rings. The van der Waals surface area contributed by atoms with Crippen LogP contribution in [0.5, 0.6) is 5.75 Å². The Morgan fingerprint density at radius 1 is 1.27 bits per heavy atom. The molecular formula is C16H26IN3O2. The molecule has 0 heterocycles. The second-order valence-corrected chi connectivity index (χ2v) is 6.66. The van der Waals surface area contributed by atoms with Crippen LogP contribution in [0.1, 0.15) is 20.8 Å². The van der Waals surface area contributed by atoms with Gasteiger partial charge in [-0.15, -0.1) is 0 Å². The Kier molecular flexibility index (Phi) is 9.22. The fourth-order valence-corrected chi connectivity index (χ4v) is 1.97. The summed E-state index contributed by atoms with van der Waals surface area (Å²) in [5.74, 6) is 1.99. The molecule has 0 aliphatic heterocycles. The Hall–Kier alpha value is -1.02. The van der Waals surface area contributed by atoms with Crippen molar-refractivity contribution >= 4 is 28.6 Å². The van der Waals surface area contributed by atoms with Crippen molar-refractivity contribution in [3.8, 4) is 5.75 Å². The van der Waals surface area contributed by atoms with Gasteiger partial charge in [0.25, 0.3) is 0 Å². The first-order chi connectivity index (χ1) is 10.5. The zero-order valence-corrected chi connectivity index (χ0v) is 15.6. The third-order valence-corrected chi connectivity index (χ3v) is 3.44. The summed E-state index contributed by atoms with van der Waals surface area (Å²) >= 11 is 2.24. The molecule has 5 nitrogen and oxygen atoms in total. The van der Waals surface area contributed by atoms with E-state index >= 15 is 0 Å². The zero-order chi connectivity index (χ0) is 16.4. The van der Waals surface area contributed by atoms with E-state index in [0.717, 1.165) is 28.4 Å². The Bertz CT molecular complexity index is 449. The van der Waals surface area contributed by atoms with Gasteiger partial charge in [0.1, 0.15) is 18.5 Å². The molecule has 0 amide bonds. The molecule has 6 heteroatoms. The van der Waals surface area contributed by atoms with E-state index < -0.39 is 6.10 Å². The van der Waals surface area contributed by atoms with Crippen LogP contribution in [0, 0.1) is 9.49 Å². The second-order valence-electron chi connectivity index (χ2n) is 5.41. The Labute approximate surface area is 146 Å². The number of aliphatic imine (C=N–C) groups is 1. The first-order valence-corrected chi connectivity index (χ1v) is 8.67. The second kappa shape index (κ2) is 10.7. The lowest BCUT2D eigenvalue weighted by atomic mass is 10.2. The smallest absolute Gasteiger partial charge is 0.191 e. The molecular weight excluding hydrogens is 393 g/mol. The van der Waals surface area contributed by atoms with Crippen LogP contribution in [-0.2, 0) is 0 Å². The Balaban J connectivity index is 2.34. The molecule has 0 radical (unpaired) electrons. The maximum atomic E-state index is 9.99. The van der Waals surface area contributed by atoms with Crippen LogP contribution in [-0.4, -0.2) is 43.4 Å². The number of nitrogens with one attached hydrogen (secondary N) is 2. The van der Waals surface area contributed by atoms with Gasteiger partial charge in [0.15, 0.2) is 5.96 Å². The van der Waals surface area contributed by atoms with Gasteiger partial charge in [0.2, 0.25) is 0 Å². The molecule has 0 bridgehead atoms. The van der Waals surface area contributed by atoms with E-state index in [4.69, 9.17) is 4.74 Å². The van der Waals surface area contributed by atoms with Crippen molar-refractivity contribution in [1.29, 1.82) is 0 Å². The van der Waals surface area contributed by atoms with Gasteiger partial charge in [-0.3, -0.25) is 4.99 Å². The molecule has 0 aliphatic carbocycles. The average Bonchev–Trinajstić information content (AvgIpc) is 2.49. The van der Waals surface area contributed by atoms with Crippen LogP contribution in [0.4, 0.5) is 0 Å². The molecule has 1 aromatic carbocycles. The fourth-order valence-electron chi connectivity index (χ4n) is 1.61. The summed E-state index contributed by atoms with van der Waals surface area (Å²) in [7, 11) is 0. The first-order valence-electron chi connectivity index (χ1n) is 7.59. The van der Waals surface area contributed by atoms with E-state index in [0.29, 0.717) is 12.5 Å². The third-order valence-electron chi connectivity index (χ3n) is 2.72. The first kappa shape index (κ1) is 19.0. The number of halogens is 1. The number of aliphatic hydroxyl groups excluding tert-OH is 1. The quantitative estimate of drug-likeness (QED) is 0.344.